The van der Waals surface area contributed by atoms with Crippen molar-refractivity contribution in [2.75, 3.05) is 0 Å². The lowest BCUT2D eigenvalue weighted by molar-refractivity contribution is 0.0726. The number of hydrogen-bond donors (Lipinski definition) is 0. The maximum absolute atomic E-state index is 13.8. The Hall–Kier alpha value is -2.79. The summed E-state index contributed by atoms with van der Waals surface area (Å²) in [5.41, 5.74) is 3.52. The average Bonchev–Trinajstić information content (AvgIpc) is 2.68. The summed E-state index contributed by atoms with van der Waals surface area (Å²) in [6, 6.07) is 18.2. The average molecular weight is 365 g/mol. The van der Waals surface area contributed by atoms with Gasteiger partial charge >= 0.3 is 5.97 Å². The number of ether oxygens (including phenoxy) is 1. The number of rotatable bonds is 4. The fourth-order valence-corrected chi connectivity index (χ4v) is 2.72. The predicted molar refractivity (Wildman–Crippen MR) is 97.4 cm³/mol. The quantitative estimate of drug-likeness (QED) is 0.376. The Morgan fingerprint density at radius 1 is 0.885 bits per heavy atom. The fourth-order valence-electron chi connectivity index (χ4n) is 2.48. The number of hydrogen-bond acceptors (Lipinski definition) is 2. The van der Waals surface area contributed by atoms with E-state index in [1.807, 2.05) is 24.3 Å². The molecule has 0 heterocycles. The second-order valence-corrected chi connectivity index (χ2v) is 6.20. The highest BCUT2D eigenvalue weighted by atomic mass is 28.1. The van der Waals surface area contributed by atoms with E-state index in [1.165, 1.54) is 19.1 Å². The highest BCUT2D eigenvalue weighted by molar-refractivity contribution is 6.08. The highest BCUT2D eigenvalue weighted by Crippen LogP contribution is 2.24. The van der Waals surface area contributed by atoms with E-state index in [2.05, 4.69) is 10.2 Å². The molecule has 0 atom stereocenters. The van der Waals surface area contributed by atoms with Crippen molar-refractivity contribution in [1.29, 1.82) is 0 Å². The van der Waals surface area contributed by atoms with Crippen LogP contribution in [-0.4, -0.2) is 16.2 Å². The summed E-state index contributed by atoms with van der Waals surface area (Å²) >= 11 is 0. The lowest BCUT2D eigenvalue weighted by atomic mass is 10.0. The molecular formula is C21H15F2O2Si. The summed E-state index contributed by atoms with van der Waals surface area (Å²) in [6.45, 7) is 1.44. The summed E-state index contributed by atoms with van der Waals surface area (Å²) in [6.07, 6.45) is 0. The molecule has 2 nitrogen and oxygen atoms in total. The molecule has 0 fully saturated rings. The standard InChI is InChI=1S/C21H15F2O2Si/c1-13-2-11-18(20(23)19(13)22)25-21(24)17-9-7-16(8-10-17)15-5-3-14(12-26)4-6-15/h2-11H,12H2,1H3. The number of benzene rings is 3. The van der Waals surface area contributed by atoms with Gasteiger partial charge in [0.1, 0.15) is 0 Å². The van der Waals surface area contributed by atoms with Crippen LogP contribution >= 0.6 is 0 Å². The van der Waals surface area contributed by atoms with Crippen LogP contribution in [0.4, 0.5) is 8.78 Å². The Labute approximate surface area is 153 Å². The summed E-state index contributed by atoms with van der Waals surface area (Å²) < 4.78 is 32.4. The monoisotopic (exact) mass is 365 g/mol. The van der Waals surface area contributed by atoms with Crippen LogP contribution in [-0.2, 0) is 6.04 Å². The molecule has 0 saturated heterocycles. The topological polar surface area (TPSA) is 26.3 Å². The van der Waals surface area contributed by atoms with Crippen molar-refractivity contribution in [3.8, 4) is 16.9 Å². The molecule has 0 aromatic heterocycles. The largest absolute Gasteiger partial charge is 0.420 e. The first-order valence-electron chi connectivity index (χ1n) is 8.00. The second-order valence-electron chi connectivity index (χ2n) is 5.85. The lowest BCUT2D eigenvalue weighted by Gasteiger charge is -2.08. The molecule has 3 aromatic carbocycles. The Kier molecular flexibility index (Phi) is 5.28. The van der Waals surface area contributed by atoms with E-state index < -0.39 is 23.4 Å². The van der Waals surface area contributed by atoms with Crippen LogP contribution < -0.4 is 4.74 Å². The molecule has 5 heteroatoms. The Morgan fingerprint density at radius 3 is 2.04 bits per heavy atom. The third-order valence-corrected chi connectivity index (χ3v) is 4.46. The molecule has 0 amide bonds. The maximum Gasteiger partial charge on any atom is 0.343 e. The van der Waals surface area contributed by atoms with Gasteiger partial charge in [-0.1, -0.05) is 48.0 Å². The Bertz CT molecular complexity index is 935. The van der Waals surface area contributed by atoms with Crippen molar-refractivity contribution in [3.05, 3.63) is 89.0 Å². The minimum atomic E-state index is -1.17. The van der Waals surface area contributed by atoms with Gasteiger partial charge < -0.3 is 4.74 Å². The molecule has 0 spiro atoms. The van der Waals surface area contributed by atoms with Gasteiger partial charge in [0.15, 0.2) is 11.6 Å². The van der Waals surface area contributed by atoms with Crippen molar-refractivity contribution in [1.82, 2.24) is 0 Å². The summed E-state index contributed by atoms with van der Waals surface area (Å²) in [7, 11) is 3.45. The predicted octanol–water partition coefficient (Wildman–Crippen LogP) is 4.83. The van der Waals surface area contributed by atoms with Gasteiger partial charge in [0, 0.05) is 10.2 Å². The van der Waals surface area contributed by atoms with Crippen molar-refractivity contribution >= 4 is 16.2 Å². The van der Waals surface area contributed by atoms with Crippen LogP contribution in [0.5, 0.6) is 5.75 Å². The number of halogens is 2. The molecular weight excluding hydrogens is 350 g/mol. The number of esters is 1. The lowest BCUT2D eigenvalue weighted by Crippen LogP contribution is -2.10. The summed E-state index contributed by atoms with van der Waals surface area (Å²) in [5.74, 6) is -3.35. The number of carbonyl (C=O) groups is 1. The zero-order valence-electron chi connectivity index (χ0n) is 14.1. The first-order chi connectivity index (χ1) is 12.5. The molecule has 129 valence electrons. The van der Waals surface area contributed by atoms with Crippen LogP contribution in [0.2, 0.25) is 0 Å². The van der Waals surface area contributed by atoms with Crippen molar-refractivity contribution in [2.45, 2.75) is 13.0 Å². The van der Waals surface area contributed by atoms with E-state index in [0.29, 0.717) is 0 Å². The van der Waals surface area contributed by atoms with Gasteiger partial charge in [-0.3, -0.25) is 0 Å². The van der Waals surface area contributed by atoms with Crippen LogP contribution in [0.3, 0.4) is 0 Å². The van der Waals surface area contributed by atoms with Crippen molar-refractivity contribution < 1.29 is 18.3 Å². The minimum Gasteiger partial charge on any atom is -0.420 e. The molecule has 3 rings (SSSR count). The van der Waals surface area contributed by atoms with E-state index in [9.17, 15) is 13.6 Å². The van der Waals surface area contributed by atoms with Gasteiger partial charge in [-0.15, -0.1) is 0 Å². The second kappa shape index (κ2) is 7.62. The zero-order chi connectivity index (χ0) is 18.7. The van der Waals surface area contributed by atoms with Crippen LogP contribution in [0, 0.1) is 18.6 Å². The maximum atomic E-state index is 13.8. The van der Waals surface area contributed by atoms with Crippen LogP contribution in [0.25, 0.3) is 11.1 Å². The van der Waals surface area contributed by atoms with E-state index in [4.69, 9.17) is 4.74 Å². The van der Waals surface area contributed by atoms with E-state index >= 15 is 0 Å². The van der Waals surface area contributed by atoms with E-state index in [-0.39, 0.29) is 11.1 Å². The smallest absolute Gasteiger partial charge is 0.343 e. The van der Waals surface area contributed by atoms with Gasteiger partial charge in [-0.25, -0.2) is 9.18 Å². The molecule has 3 aromatic rings. The van der Waals surface area contributed by atoms with E-state index in [0.717, 1.165) is 22.7 Å². The third kappa shape index (κ3) is 3.73. The van der Waals surface area contributed by atoms with Gasteiger partial charge in [0.25, 0.3) is 0 Å². The third-order valence-electron chi connectivity index (χ3n) is 4.05. The summed E-state index contributed by atoms with van der Waals surface area (Å²) in [4.78, 5) is 12.2. The zero-order valence-corrected chi connectivity index (χ0v) is 15.1. The summed E-state index contributed by atoms with van der Waals surface area (Å²) in [5, 5.41) is 0. The van der Waals surface area contributed by atoms with Gasteiger partial charge in [0.2, 0.25) is 5.82 Å². The molecule has 0 N–H and O–H groups in total. The molecule has 0 aliphatic carbocycles. The van der Waals surface area contributed by atoms with Crippen LogP contribution in [0.15, 0.2) is 60.7 Å². The number of aryl methyl sites for hydroxylation is 1. The van der Waals surface area contributed by atoms with Crippen LogP contribution in [0.1, 0.15) is 21.5 Å². The molecule has 0 bridgehead atoms. The number of carbonyl (C=O) groups excluding carboxylic acids is 1. The highest BCUT2D eigenvalue weighted by Gasteiger charge is 2.16. The van der Waals surface area contributed by atoms with Gasteiger partial charge in [-0.2, -0.15) is 4.39 Å². The first-order valence-corrected chi connectivity index (χ1v) is 8.71. The SMILES string of the molecule is Cc1ccc(OC(=O)c2ccc(-c3ccc(C[Si])cc3)cc2)c(F)c1F. The van der Waals surface area contributed by atoms with Crippen molar-refractivity contribution in [3.63, 3.8) is 0 Å². The van der Waals surface area contributed by atoms with Gasteiger partial charge in [-0.05, 0) is 47.9 Å². The van der Waals surface area contributed by atoms with Crippen molar-refractivity contribution in [2.24, 2.45) is 0 Å². The molecule has 0 saturated carbocycles. The Morgan fingerprint density at radius 2 is 1.46 bits per heavy atom. The fraction of sp³-hybridized carbons (Fsp3) is 0.0952. The molecule has 3 radical (unpaired) electrons. The molecule has 26 heavy (non-hydrogen) atoms. The molecule has 0 unspecified atom stereocenters. The molecule has 0 aliphatic heterocycles. The Balaban J connectivity index is 1.77. The van der Waals surface area contributed by atoms with E-state index in [1.54, 1.807) is 24.3 Å². The van der Waals surface area contributed by atoms with Gasteiger partial charge in [0.05, 0.1) is 5.56 Å². The minimum absolute atomic E-state index is 0.150. The first kappa shape index (κ1) is 18.0. The normalized spacial score (nSPS) is 10.6. The molecule has 0 aliphatic rings.